The van der Waals surface area contributed by atoms with Crippen molar-refractivity contribution in [2.45, 2.75) is 18.1 Å². The monoisotopic (exact) mass is 196 g/mol. The molecule has 10 heavy (non-hydrogen) atoms. The van der Waals surface area contributed by atoms with Crippen LogP contribution >= 0.6 is 0 Å². The maximum atomic E-state index is 2.27. The standard InChI is InChI=1S/C9H13As/c1-8(7-10)9-5-3-2-4-6-9/h2-6,8H,7,10H2,1H3. The van der Waals surface area contributed by atoms with Gasteiger partial charge in [0.1, 0.15) is 0 Å². The molecule has 1 heteroatoms. The van der Waals surface area contributed by atoms with Crippen LogP contribution in [0, 0.1) is 0 Å². The first-order valence-electron chi connectivity index (χ1n) is 3.59. The van der Waals surface area contributed by atoms with Gasteiger partial charge in [0.15, 0.2) is 0 Å². The summed E-state index contributed by atoms with van der Waals surface area (Å²) in [4.78, 5) is 0. The quantitative estimate of drug-likeness (QED) is 0.633. The van der Waals surface area contributed by atoms with Crippen molar-refractivity contribution < 1.29 is 0 Å². The van der Waals surface area contributed by atoms with Gasteiger partial charge in [-0.15, -0.1) is 0 Å². The molecule has 1 aromatic rings. The fourth-order valence-electron chi connectivity index (χ4n) is 0.918. The molecular formula is C9H13As. The van der Waals surface area contributed by atoms with Crippen LogP contribution in [0.3, 0.4) is 0 Å². The van der Waals surface area contributed by atoms with Crippen LogP contribution < -0.4 is 0 Å². The fourth-order valence-corrected chi connectivity index (χ4v) is 1.49. The summed E-state index contributed by atoms with van der Waals surface area (Å²) in [5, 5.41) is 1.29. The van der Waals surface area contributed by atoms with Gasteiger partial charge in [0, 0.05) is 0 Å². The van der Waals surface area contributed by atoms with Gasteiger partial charge in [-0.05, 0) is 0 Å². The van der Waals surface area contributed by atoms with Crippen LogP contribution in [0.5, 0.6) is 0 Å². The Morgan fingerprint density at radius 3 is 2.40 bits per heavy atom. The second kappa shape index (κ2) is 3.83. The Hall–Kier alpha value is -0.222. The number of hydrogen-bond donors (Lipinski definition) is 0. The van der Waals surface area contributed by atoms with E-state index in [2.05, 4.69) is 37.3 Å². The predicted octanol–water partition coefficient (Wildman–Crippen LogP) is 1.84. The van der Waals surface area contributed by atoms with Crippen LogP contribution in [0.1, 0.15) is 18.4 Å². The molecule has 0 nitrogen and oxygen atoms in total. The summed E-state index contributed by atoms with van der Waals surface area (Å²) in [6.07, 6.45) is 0. The van der Waals surface area contributed by atoms with Crippen molar-refractivity contribution in [3.05, 3.63) is 35.9 Å². The van der Waals surface area contributed by atoms with Crippen molar-refractivity contribution in [1.29, 1.82) is 0 Å². The third kappa shape index (κ3) is 1.88. The molecule has 0 aliphatic rings. The molecule has 0 fully saturated rings. The molecule has 0 bridgehead atoms. The summed E-state index contributed by atoms with van der Waals surface area (Å²) >= 11 is 1.81. The van der Waals surface area contributed by atoms with Crippen LogP contribution in [0.25, 0.3) is 0 Å². The Labute approximate surface area is 71.1 Å². The minimum absolute atomic E-state index is 0.737. The topological polar surface area (TPSA) is 0 Å². The molecule has 0 N–H and O–H groups in total. The number of hydrogen-bond acceptors (Lipinski definition) is 0. The molecule has 0 heterocycles. The molecule has 0 aromatic heterocycles. The Bertz CT molecular complexity index is 181. The third-order valence-corrected chi connectivity index (χ3v) is 3.21. The second-order valence-corrected chi connectivity index (χ2v) is 3.54. The van der Waals surface area contributed by atoms with Crippen molar-refractivity contribution in [3.8, 4) is 0 Å². The number of rotatable bonds is 2. The van der Waals surface area contributed by atoms with Gasteiger partial charge in [-0.2, -0.15) is 0 Å². The maximum absolute atomic E-state index is 2.27. The summed E-state index contributed by atoms with van der Waals surface area (Å²) in [5.74, 6) is 0.737. The molecule has 0 spiro atoms. The molecule has 0 aliphatic heterocycles. The molecule has 1 rings (SSSR count). The second-order valence-electron chi connectivity index (χ2n) is 2.55. The first-order valence-corrected chi connectivity index (χ1v) is 5.31. The van der Waals surface area contributed by atoms with E-state index in [9.17, 15) is 0 Å². The number of benzene rings is 1. The van der Waals surface area contributed by atoms with Gasteiger partial charge in [-0.1, -0.05) is 0 Å². The SMILES string of the molecule is CC(C[AsH2])c1ccccc1. The van der Waals surface area contributed by atoms with Crippen molar-refractivity contribution >= 4 is 16.9 Å². The van der Waals surface area contributed by atoms with E-state index in [0.29, 0.717) is 0 Å². The first-order chi connectivity index (χ1) is 4.84. The van der Waals surface area contributed by atoms with E-state index >= 15 is 0 Å². The summed E-state index contributed by atoms with van der Waals surface area (Å²) < 4.78 is 0. The Kier molecular flexibility index (Phi) is 3.02. The Morgan fingerprint density at radius 2 is 1.90 bits per heavy atom. The van der Waals surface area contributed by atoms with Crippen molar-refractivity contribution in [2.75, 3.05) is 0 Å². The van der Waals surface area contributed by atoms with Gasteiger partial charge in [0.05, 0.1) is 0 Å². The van der Waals surface area contributed by atoms with Gasteiger partial charge in [0.25, 0.3) is 0 Å². The average molecular weight is 196 g/mol. The first kappa shape index (κ1) is 7.88. The molecule has 1 aromatic carbocycles. The van der Waals surface area contributed by atoms with Gasteiger partial charge in [0.2, 0.25) is 0 Å². The van der Waals surface area contributed by atoms with Crippen molar-refractivity contribution in [2.24, 2.45) is 0 Å². The van der Waals surface area contributed by atoms with E-state index in [1.54, 1.807) is 0 Å². The van der Waals surface area contributed by atoms with E-state index < -0.39 is 0 Å². The van der Waals surface area contributed by atoms with E-state index in [1.807, 2.05) is 16.9 Å². The molecular weight excluding hydrogens is 183 g/mol. The Balaban J connectivity index is 2.75. The van der Waals surface area contributed by atoms with Crippen LogP contribution in [-0.4, -0.2) is 16.9 Å². The zero-order valence-corrected chi connectivity index (χ0v) is 8.67. The van der Waals surface area contributed by atoms with Crippen LogP contribution in [0.15, 0.2) is 30.3 Å². The average Bonchev–Trinajstić information content (AvgIpc) is 2.05. The van der Waals surface area contributed by atoms with Crippen LogP contribution in [-0.2, 0) is 0 Å². The van der Waals surface area contributed by atoms with Gasteiger partial charge >= 0.3 is 70.8 Å². The fraction of sp³-hybridized carbons (Fsp3) is 0.333. The summed E-state index contributed by atoms with van der Waals surface area (Å²) in [6, 6.07) is 10.7. The zero-order valence-electron chi connectivity index (χ0n) is 6.25. The van der Waals surface area contributed by atoms with E-state index in [4.69, 9.17) is 0 Å². The Morgan fingerprint density at radius 1 is 1.30 bits per heavy atom. The van der Waals surface area contributed by atoms with Gasteiger partial charge in [-0.25, -0.2) is 0 Å². The van der Waals surface area contributed by atoms with Crippen LogP contribution in [0.4, 0.5) is 0 Å². The third-order valence-electron chi connectivity index (χ3n) is 1.72. The molecule has 54 valence electrons. The molecule has 0 saturated carbocycles. The van der Waals surface area contributed by atoms with Crippen LogP contribution in [0.2, 0.25) is 5.21 Å². The zero-order chi connectivity index (χ0) is 7.40. The molecule has 2 atom stereocenters. The van der Waals surface area contributed by atoms with Gasteiger partial charge in [-0.3, -0.25) is 0 Å². The molecule has 0 saturated heterocycles. The van der Waals surface area contributed by atoms with E-state index in [1.165, 1.54) is 10.8 Å². The molecule has 0 aliphatic carbocycles. The summed E-state index contributed by atoms with van der Waals surface area (Å²) in [6.45, 7) is 2.27. The van der Waals surface area contributed by atoms with Crippen molar-refractivity contribution in [1.82, 2.24) is 0 Å². The molecule has 0 radical (unpaired) electrons. The molecule has 2 unspecified atom stereocenters. The summed E-state index contributed by atoms with van der Waals surface area (Å²) in [5.41, 5.74) is 1.46. The molecule has 0 amide bonds. The minimum atomic E-state index is 0.737. The predicted molar refractivity (Wildman–Crippen MR) is 48.2 cm³/mol. The van der Waals surface area contributed by atoms with E-state index in [0.717, 1.165) is 5.92 Å². The van der Waals surface area contributed by atoms with E-state index in [-0.39, 0.29) is 0 Å². The van der Waals surface area contributed by atoms with Crippen molar-refractivity contribution in [3.63, 3.8) is 0 Å². The van der Waals surface area contributed by atoms with Gasteiger partial charge < -0.3 is 0 Å². The summed E-state index contributed by atoms with van der Waals surface area (Å²) in [7, 11) is 0. The normalized spacial score (nSPS) is 13.0.